The highest BCUT2D eigenvalue weighted by Crippen LogP contribution is 2.62. The van der Waals surface area contributed by atoms with Crippen molar-refractivity contribution in [3.8, 4) is 11.1 Å². The lowest BCUT2D eigenvalue weighted by atomic mass is 9.59. The lowest BCUT2D eigenvalue weighted by Gasteiger charge is -2.47. The first kappa shape index (κ1) is 17.2. The fraction of sp³-hybridized carbons (Fsp3) is 0.478. The first-order chi connectivity index (χ1) is 15.1. The van der Waals surface area contributed by atoms with Gasteiger partial charge in [-0.15, -0.1) is 0 Å². The van der Waals surface area contributed by atoms with E-state index in [9.17, 15) is 8.78 Å². The van der Waals surface area contributed by atoms with E-state index in [-0.39, 0.29) is 23.6 Å². The zero-order chi connectivity index (χ0) is 22.9. The second-order valence-electron chi connectivity index (χ2n) is 8.68. The molecule has 4 atom stereocenters. The molecule has 2 spiro atoms. The van der Waals surface area contributed by atoms with Crippen LogP contribution in [0, 0.1) is 23.1 Å². The zero-order valence-electron chi connectivity index (χ0n) is 18.9. The molecule has 2 aromatic rings. The third-order valence-electron chi connectivity index (χ3n) is 7.05. The maximum atomic E-state index is 14.4. The number of aliphatic imine (C=N–C) groups is 1. The molecule has 2 aliphatic carbocycles. The molecule has 158 valence electrons. The van der Waals surface area contributed by atoms with Crippen LogP contribution in [0.4, 0.5) is 8.78 Å². The average molecular weight is 415 g/mol. The van der Waals surface area contributed by atoms with Crippen LogP contribution in [0.1, 0.15) is 40.1 Å². The number of fused-ring (bicyclic) bond motifs is 3. The molecule has 7 heteroatoms. The maximum Gasteiger partial charge on any atom is 0.283 e. The van der Waals surface area contributed by atoms with Crippen molar-refractivity contribution in [1.29, 1.82) is 0 Å². The van der Waals surface area contributed by atoms with E-state index >= 15 is 0 Å². The van der Waals surface area contributed by atoms with Gasteiger partial charge < -0.3 is 15.2 Å². The van der Waals surface area contributed by atoms with Gasteiger partial charge in [-0.1, -0.05) is 19.1 Å². The number of hydrogen-bond acceptors (Lipinski definition) is 5. The van der Waals surface area contributed by atoms with Gasteiger partial charge in [-0.05, 0) is 60.4 Å². The second-order valence-corrected chi connectivity index (χ2v) is 8.68. The molecule has 0 amide bonds. The molecule has 1 fully saturated rings. The summed E-state index contributed by atoms with van der Waals surface area (Å²) in [4.78, 5) is 8.11. The van der Waals surface area contributed by atoms with Gasteiger partial charge in [-0.2, -0.15) is 4.39 Å². The Labute approximate surface area is 177 Å². The third-order valence-corrected chi connectivity index (χ3v) is 7.05. The zero-order valence-corrected chi connectivity index (χ0v) is 16.9. The summed E-state index contributed by atoms with van der Waals surface area (Å²) in [6.07, 6.45) is 3.60. The van der Waals surface area contributed by atoms with Gasteiger partial charge in [-0.3, -0.25) is 0 Å². The van der Waals surface area contributed by atoms with Crippen molar-refractivity contribution in [2.75, 3.05) is 13.7 Å². The SMILES string of the molecule is [2H]C1([2H])OC(N)=N[C@]12c1cc(-c3cc(F)cnc3F)ccc1C[C@@]21CC[C@H](OC)[C@@H](C)C1. The number of ether oxygens (including phenoxy) is 2. The number of rotatable bonds is 2. The van der Waals surface area contributed by atoms with Gasteiger partial charge in [0.2, 0.25) is 5.95 Å². The van der Waals surface area contributed by atoms with Crippen molar-refractivity contribution in [3.63, 3.8) is 0 Å². The molecule has 0 unspecified atom stereocenters. The van der Waals surface area contributed by atoms with E-state index in [1.165, 1.54) is 0 Å². The van der Waals surface area contributed by atoms with Crippen molar-refractivity contribution < 1.29 is 21.0 Å². The Kier molecular flexibility index (Phi) is 3.86. The van der Waals surface area contributed by atoms with Crippen LogP contribution in [0.3, 0.4) is 0 Å². The Morgan fingerprint density at radius 3 is 2.87 bits per heavy atom. The van der Waals surface area contributed by atoms with E-state index in [1.54, 1.807) is 19.2 Å². The number of nitrogens with two attached hydrogens (primary N) is 1. The van der Waals surface area contributed by atoms with Crippen molar-refractivity contribution in [2.24, 2.45) is 22.1 Å². The van der Waals surface area contributed by atoms with Crippen molar-refractivity contribution in [1.82, 2.24) is 4.98 Å². The number of methoxy groups -OCH3 is 1. The highest BCUT2D eigenvalue weighted by molar-refractivity contribution is 5.76. The van der Waals surface area contributed by atoms with Gasteiger partial charge in [0.1, 0.15) is 17.9 Å². The average Bonchev–Trinajstić information content (AvgIpc) is 3.14. The number of amidine groups is 1. The number of nitrogens with zero attached hydrogens (tertiary/aromatic N) is 2. The lowest BCUT2D eigenvalue weighted by Crippen LogP contribution is -2.48. The van der Waals surface area contributed by atoms with Crippen LogP contribution in [0.15, 0.2) is 35.5 Å². The predicted molar refractivity (Wildman–Crippen MR) is 109 cm³/mol. The fourth-order valence-corrected chi connectivity index (χ4v) is 5.71. The largest absolute Gasteiger partial charge is 0.462 e. The van der Waals surface area contributed by atoms with Gasteiger partial charge in [-0.25, -0.2) is 14.4 Å². The summed E-state index contributed by atoms with van der Waals surface area (Å²) in [5.74, 6) is -1.27. The summed E-state index contributed by atoms with van der Waals surface area (Å²) >= 11 is 0. The van der Waals surface area contributed by atoms with E-state index in [1.807, 2.05) is 6.07 Å². The summed E-state index contributed by atoms with van der Waals surface area (Å²) in [5, 5.41) is 0. The van der Waals surface area contributed by atoms with Gasteiger partial charge in [0.05, 0.1) is 15.0 Å². The Bertz CT molecular complexity index is 1130. The molecule has 1 saturated carbocycles. The number of aromatic nitrogens is 1. The van der Waals surface area contributed by atoms with Crippen LogP contribution in [-0.4, -0.2) is 30.8 Å². The molecule has 5 nitrogen and oxygen atoms in total. The molecular weight excluding hydrogens is 388 g/mol. The van der Waals surface area contributed by atoms with Crippen LogP contribution in [0.25, 0.3) is 11.1 Å². The Morgan fingerprint density at radius 2 is 2.17 bits per heavy atom. The molecule has 2 heterocycles. The van der Waals surface area contributed by atoms with Crippen LogP contribution in [0.5, 0.6) is 0 Å². The molecule has 30 heavy (non-hydrogen) atoms. The topological polar surface area (TPSA) is 69.7 Å². The number of benzene rings is 1. The minimum atomic E-state index is -2.20. The monoisotopic (exact) mass is 415 g/mol. The van der Waals surface area contributed by atoms with Gasteiger partial charge in [0, 0.05) is 18.1 Å². The minimum Gasteiger partial charge on any atom is -0.462 e. The number of halogens is 2. The second kappa shape index (κ2) is 6.74. The summed E-state index contributed by atoms with van der Waals surface area (Å²) < 4.78 is 57.0. The van der Waals surface area contributed by atoms with Crippen LogP contribution >= 0.6 is 0 Å². The van der Waals surface area contributed by atoms with Crippen LogP contribution in [0.2, 0.25) is 0 Å². The third kappa shape index (κ3) is 2.68. The molecule has 1 aliphatic heterocycles. The van der Waals surface area contributed by atoms with E-state index in [4.69, 9.17) is 17.9 Å². The molecule has 1 aromatic heterocycles. The first-order valence-electron chi connectivity index (χ1n) is 11.1. The minimum absolute atomic E-state index is 0.0109. The van der Waals surface area contributed by atoms with E-state index in [0.29, 0.717) is 30.4 Å². The summed E-state index contributed by atoms with van der Waals surface area (Å²) in [5.41, 5.74) is 5.90. The summed E-state index contributed by atoms with van der Waals surface area (Å²) in [6, 6.07) is 6.14. The molecule has 5 rings (SSSR count). The molecule has 0 bridgehead atoms. The van der Waals surface area contributed by atoms with E-state index in [2.05, 4.69) is 16.9 Å². The first-order valence-corrected chi connectivity index (χ1v) is 10.1. The quantitative estimate of drug-likeness (QED) is 0.755. The highest BCUT2D eigenvalue weighted by Gasteiger charge is 2.62. The number of hydrogen-bond donors (Lipinski definition) is 1. The van der Waals surface area contributed by atoms with Crippen molar-refractivity contribution in [2.45, 2.75) is 44.2 Å². The Hall–Kier alpha value is -2.54. The van der Waals surface area contributed by atoms with Gasteiger partial charge in [0.15, 0.2) is 0 Å². The highest BCUT2D eigenvalue weighted by atomic mass is 19.1. The molecule has 2 N–H and O–H groups in total. The fourth-order valence-electron chi connectivity index (χ4n) is 5.71. The lowest BCUT2D eigenvalue weighted by molar-refractivity contribution is -0.0445. The molecular formula is C23H25F2N3O2. The maximum absolute atomic E-state index is 14.4. The number of pyridine rings is 1. The Balaban J connectivity index is 1.71. The van der Waals surface area contributed by atoms with Crippen LogP contribution in [-0.2, 0) is 21.4 Å². The van der Waals surface area contributed by atoms with E-state index < -0.39 is 29.3 Å². The van der Waals surface area contributed by atoms with Crippen molar-refractivity contribution >= 4 is 6.02 Å². The molecule has 0 saturated heterocycles. The van der Waals surface area contributed by atoms with E-state index in [0.717, 1.165) is 24.2 Å². The summed E-state index contributed by atoms with van der Waals surface area (Å²) in [7, 11) is 1.69. The van der Waals surface area contributed by atoms with Crippen molar-refractivity contribution in [3.05, 3.63) is 53.4 Å². The molecule has 1 aromatic carbocycles. The molecule has 3 aliphatic rings. The van der Waals surface area contributed by atoms with Gasteiger partial charge >= 0.3 is 0 Å². The predicted octanol–water partition coefficient (Wildman–Crippen LogP) is 3.94. The molecule has 0 radical (unpaired) electrons. The Morgan fingerprint density at radius 1 is 1.33 bits per heavy atom. The van der Waals surface area contributed by atoms with Crippen LogP contribution < -0.4 is 5.73 Å². The summed E-state index contributed by atoms with van der Waals surface area (Å²) in [6.45, 7) is -0.0945. The normalized spacial score (nSPS) is 35.0. The smallest absolute Gasteiger partial charge is 0.283 e. The van der Waals surface area contributed by atoms with Gasteiger partial charge in [0.25, 0.3) is 6.02 Å². The standard InChI is InChI=1S/C23H25F2N3O2/c1-13-9-22(6-5-19(13)29-2)10-15-4-3-14(17-8-16(24)11-27-20(17)25)7-18(15)23(22)12-30-21(26)28-23/h3-4,7-8,11,13,19H,5-6,9-10,12H2,1-2H3,(H2,26,28)/t13-,19-,22-,23-/m0/s1/i12D2.